The van der Waals surface area contributed by atoms with Gasteiger partial charge in [-0.2, -0.15) is 0 Å². The number of methoxy groups -OCH3 is 1. The quantitative estimate of drug-likeness (QED) is 0.840. The number of aliphatic hydroxyl groups is 1. The molecule has 0 saturated carbocycles. The van der Waals surface area contributed by atoms with E-state index in [1.807, 2.05) is 24.3 Å². The maximum absolute atomic E-state index is 12.0. The van der Waals surface area contributed by atoms with Gasteiger partial charge in [-0.05, 0) is 24.1 Å². The first kappa shape index (κ1) is 13.6. The second-order valence-electron chi connectivity index (χ2n) is 4.70. The van der Waals surface area contributed by atoms with Gasteiger partial charge in [0.1, 0.15) is 5.75 Å². The molecular weight excluding hydrogens is 242 g/mol. The smallest absolute Gasteiger partial charge is 0.223 e. The Hall–Kier alpha value is -1.81. The SMILES string of the molecule is C=C[C@H]1[C@@H](O)CCC(=O)N1Cc1ccc(OC)cc1. The first-order valence-electron chi connectivity index (χ1n) is 6.38. The molecule has 1 aliphatic rings. The van der Waals surface area contributed by atoms with Gasteiger partial charge in [-0.25, -0.2) is 0 Å². The maximum atomic E-state index is 12.0. The van der Waals surface area contributed by atoms with Gasteiger partial charge in [0.25, 0.3) is 0 Å². The number of likely N-dealkylation sites (tertiary alicyclic amines) is 1. The van der Waals surface area contributed by atoms with Crippen molar-refractivity contribution in [2.45, 2.75) is 31.5 Å². The Balaban J connectivity index is 2.14. The molecule has 4 heteroatoms. The third kappa shape index (κ3) is 2.96. The van der Waals surface area contributed by atoms with E-state index in [1.165, 1.54) is 0 Å². The van der Waals surface area contributed by atoms with Crippen LogP contribution in [0.15, 0.2) is 36.9 Å². The molecule has 1 N–H and O–H groups in total. The van der Waals surface area contributed by atoms with Crippen molar-refractivity contribution in [2.24, 2.45) is 0 Å². The Labute approximate surface area is 113 Å². The van der Waals surface area contributed by atoms with Crippen molar-refractivity contribution < 1.29 is 14.6 Å². The largest absolute Gasteiger partial charge is 0.497 e. The lowest BCUT2D eigenvalue weighted by molar-refractivity contribution is -0.140. The van der Waals surface area contributed by atoms with E-state index >= 15 is 0 Å². The molecule has 1 aromatic rings. The van der Waals surface area contributed by atoms with Crippen molar-refractivity contribution in [2.75, 3.05) is 7.11 Å². The van der Waals surface area contributed by atoms with E-state index in [2.05, 4.69) is 6.58 Å². The van der Waals surface area contributed by atoms with Crippen LogP contribution in [0.5, 0.6) is 5.75 Å². The summed E-state index contributed by atoms with van der Waals surface area (Å²) in [5.41, 5.74) is 1.01. The van der Waals surface area contributed by atoms with Crippen molar-refractivity contribution in [1.82, 2.24) is 4.90 Å². The summed E-state index contributed by atoms with van der Waals surface area (Å²) >= 11 is 0. The Bertz CT molecular complexity index is 455. The molecule has 1 aromatic carbocycles. The van der Waals surface area contributed by atoms with Crippen LogP contribution in [-0.4, -0.2) is 35.2 Å². The maximum Gasteiger partial charge on any atom is 0.223 e. The van der Waals surface area contributed by atoms with Gasteiger partial charge >= 0.3 is 0 Å². The lowest BCUT2D eigenvalue weighted by Gasteiger charge is -2.37. The second-order valence-corrected chi connectivity index (χ2v) is 4.70. The molecule has 1 saturated heterocycles. The van der Waals surface area contributed by atoms with Crippen LogP contribution in [0.25, 0.3) is 0 Å². The van der Waals surface area contributed by atoms with Crippen molar-refractivity contribution in [3.05, 3.63) is 42.5 Å². The van der Waals surface area contributed by atoms with E-state index in [0.717, 1.165) is 11.3 Å². The second kappa shape index (κ2) is 5.89. The molecule has 0 radical (unpaired) electrons. The first-order chi connectivity index (χ1) is 9.15. The Morgan fingerprint density at radius 1 is 1.47 bits per heavy atom. The van der Waals surface area contributed by atoms with Crippen molar-refractivity contribution in [1.29, 1.82) is 0 Å². The summed E-state index contributed by atoms with van der Waals surface area (Å²) in [7, 11) is 1.62. The average Bonchev–Trinajstić information content (AvgIpc) is 2.44. The molecule has 0 aromatic heterocycles. The molecule has 2 rings (SSSR count). The third-order valence-corrected chi connectivity index (χ3v) is 3.48. The molecule has 0 spiro atoms. The topological polar surface area (TPSA) is 49.8 Å². The minimum Gasteiger partial charge on any atom is -0.497 e. The van der Waals surface area contributed by atoms with Crippen LogP contribution < -0.4 is 4.74 Å². The highest BCUT2D eigenvalue weighted by Crippen LogP contribution is 2.22. The molecule has 102 valence electrons. The molecule has 0 unspecified atom stereocenters. The molecule has 19 heavy (non-hydrogen) atoms. The molecule has 1 amide bonds. The van der Waals surface area contributed by atoms with Crippen molar-refractivity contribution >= 4 is 5.91 Å². The Kier molecular flexibility index (Phi) is 4.22. The van der Waals surface area contributed by atoms with Gasteiger partial charge in [-0.15, -0.1) is 6.58 Å². The van der Waals surface area contributed by atoms with Crippen LogP contribution >= 0.6 is 0 Å². The van der Waals surface area contributed by atoms with Crippen LogP contribution in [0.4, 0.5) is 0 Å². The minimum atomic E-state index is -0.520. The summed E-state index contributed by atoms with van der Waals surface area (Å²) in [6, 6.07) is 7.27. The molecule has 4 nitrogen and oxygen atoms in total. The molecule has 0 bridgehead atoms. The zero-order chi connectivity index (χ0) is 13.8. The summed E-state index contributed by atoms with van der Waals surface area (Å²) in [6.07, 6.45) is 2.02. The standard InChI is InChI=1S/C15H19NO3/c1-3-13-14(17)8-9-15(18)16(13)10-11-4-6-12(19-2)7-5-11/h3-7,13-14,17H,1,8-10H2,2H3/t13-,14-/m0/s1. The summed E-state index contributed by atoms with van der Waals surface area (Å²) in [5, 5.41) is 9.93. The first-order valence-corrected chi connectivity index (χ1v) is 6.38. The zero-order valence-corrected chi connectivity index (χ0v) is 11.1. The summed E-state index contributed by atoms with van der Waals surface area (Å²) in [6.45, 7) is 4.20. The Morgan fingerprint density at radius 3 is 2.74 bits per heavy atom. The van der Waals surface area contributed by atoms with Crippen molar-refractivity contribution in [3.63, 3.8) is 0 Å². The van der Waals surface area contributed by atoms with Gasteiger partial charge in [0.05, 0.1) is 19.3 Å². The summed E-state index contributed by atoms with van der Waals surface area (Å²) in [5.74, 6) is 0.847. The number of carbonyl (C=O) groups excluding carboxylic acids is 1. The number of ether oxygens (including phenoxy) is 1. The van der Waals surface area contributed by atoms with Crippen LogP contribution in [0.1, 0.15) is 18.4 Å². The van der Waals surface area contributed by atoms with Gasteiger partial charge in [-0.1, -0.05) is 18.2 Å². The van der Waals surface area contributed by atoms with E-state index in [-0.39, 0.29) is 11.9 Å². The minimum absolute atomic E-state index is 0.0611. The number of hydrogen-bond acceptors (Lipinski definition) is 3. The van der Waals surface area contributed by atoms with Gasteiger partial charge in [0.2, 0.25) is 5.91 Å². The fourth-order valence-corrected chi connectivity index (χ4v) is 2.37. The molecule has 2 atom stereocenters. The number of rotatable bonds is 4. The average molecular weight is 261 g/mol. The van der Waals surface area contributed by atoms with E-state index in [4.69, 9.17) is 4.74 Å². The van der Waals surface area contributed by atoms with Crippen LogP contribution in [-0.2, 0) is 11.3 Å². The lowest BCUT2D eigenvalue weighted by Crippen LogP contribution is -2.49. The summed E-state index contributed by atoms with van der Waals surface area (Å²) in [4.78, 5) is 13.7. The van der Waals surface area contributed by atoms with Gasteiger partial charge in [0, 0.05) is 13.0 Å². The Morgan fingerprint density at radius 2 is 2.16 bits per heavy atom. The molecule has 1 heterocycles. The van der Waals surface area contributed by atoms with E-state index in [0.29, 0.717) is 19.4 Å². The number of piperidine rings is 1. The van der Waals surface area contributed by atoms with E-state index in [1.54, 1.807) is 18.1 Å². The molecule has 0 aliphatic carbocycles. The van der Waals surface area contributed by atoms with Gasteiger partial charge in [0.15, 0.2) is 0 Å². The third-order valence-electron chi connectivity index (χ3n) is 3.48. The highest BCUT2D eigenvalue weighted by atomic mass is 16.5. The predicted molar refractivity (Wildman–Crippen MR) is 72.8 cm³/mol. The fraction of sp³-hybridized carbons (Fsp3) is 0.400. The fourth-order valence-electron chi connectivity index (χ4n) is 2.37. The number of nitrogens with zero attached hydrogens (tertiary/aromatic N) is 1. The monoisotopic (exact) mass is 261 g/mol. The molecule has 1 fully saturated rings. The van der Waals surface area contributed by atoms with E-state index in [9.17, 15) is 9.90 Å². The molecule has 1 aliphatic heterocycles. The number of hydrogen-bond donors (Lipinski definition) is 1. The van der Waals surface area contributed by atoms with Crippen LogP contribution in [0.2, 0.25) is 0 Å². The normalized spacial score (nSPS) is 23.3. The van der Waals surface area contributed by atoms with E-state index < -0.39 is 6.10 Å². The molecular formula is C15H19NO3. The highest BCUT2D eigenvalue weighted by Gasteiger charge is 2.32. The highest BCUT2D eigenvalue weighted by molar-refractivity contribution is 5.77. The van der Waals surface area contributed by atoms with Crippen molar-refractivity contribution in [3.8, 4) is 5.75 Å². The number of carbonyl (C=O) groups is 1. The number of aliphatic hydroxyl groups excluding tert-OH is 1. The lowest BCUT2D eigenvalue weighted by atomic mass is 9.97. The van der Waals surface area contributed by atoms with Gasteiger partial charge < -0.3 is 14.7 Å². The number of benzene rings is 1. The zero-order valence-electron chi connectivity index (χ0n) is 11.1. The van der Waals surface area contributed by atoms with Gasteiger partial charge in [-0.3, -0.25) is 4.79 Å². The summed E-state index contributed by atoms with van der Waals surface area (Å²) < 4.78 is 5.10. The number of amides is 1. The van der Waals surface area contributed by atoms with Crippen LogP contribution in [0, 0.1) is 0 Å². The van der Waals surface area contributed by atoms with Crippen LogP contribution in [0.3, 0.4) is 0 Å². The predicted octanol–water partition coefficient (Wildman–Crippen LogP) is 1.73.